The fourth-order valence-corrected chi connectivity index (χ4v) is 3.19. The summed E-state index contributed by atoms with van der Waals surface area (Å²) in [5, 5.41) is 6.62. The van der Waals surface area contributed by atoms with Crippen molar-refractivity contribution in [3.05, 3.63) is 34.7 Å². The second-order valence-electron chi connectivity index (χ2n) is 5.34. The van der Waals surface area contributed by atoms with E-state index >= 15 is 0 Å². The second-order valence-corrected chi connectivity index (χ2v) is 6.55. The third-order valence-electron chi connectivity index (χ3n) is 3.57. The predicted octanol–water partition coefficient (Wildman–Crippen LogP) is 2.35. The molecule has 0 bridgehead atoms. The van der Waals surface area contributed by atoms with Crippen molar-refractivity contribution < 1.29 is 9.53 Å². The maximum Gasteiger partial charge on any atom is 0.256 e. The number of nitrogens with one attached hydrogen (secondary N) is 2. The van der Waals surface area contributed by atoms with E-state index in [2.05, 4.69) is 46.8 Å². The Morgan fingerprint density at radius 2 is 2.14 bits per heavy atom. The third kappa shape index (κ3) is 3.35. The average molecular weight is 317 g/mol. The van der Waals surface area contributed by atoms with Crippen LogP contribution in [0.15, 0.2) is 24.3 Å². The molecule has 1 fully saturated rings. The van der Waals surface area contributed by atoms with Gasteiger partial charge in [0.15, 0.2) is 5.13 Å². The van der Waals surface area contributed by atoms with Crippen molar-refractivity contribution in [2.75, 3.05) is 25.0 Å². The Bertz CT molecular complexity index is 661. The van der Waals surface area contributed by atoms with Crippen LogP contribution in [-0.4, -0.2) is 36.7 Å². The standard InChI is InChI=1S/C16H19N3O2S/c1-10-3-5-12(6-4-10)14-11(2)22-16(18-14)19-15(20)13-9-17-7-8-21-13/h3-6,13,17H,7-9H2,1-2H3,(H,18,19,20). The van der Waals surface area contributed by atoms with Gasteiger partial charge in [-0.2, -0.15) is 0 Å². The third-order valence-corrected chi connectivity index (χ3v) is 4.46. The summed E-state index contributed by atoms with van der Waals surface area (Å²) in [4.78, 5) is 17.8. The quantitative estimate of drug-likeness (QED) is 0.912. The summed E-state index contributed by atoms with van der Waals surface area (Å²) in [6.45, 7) is 5.96. The summed E-state index contributed by atoms with van der Waals surface area (Å²) >= 11 is 1.49. The van der Waals surface area contributed by atoms with Gasteiger partial charge < -0.3 is 10.1 Å². The lowest BCUT2D eigenvalue weighted by Crippen LogP contribution is -2.45. The van der Waals surface area contributed by atoms with Crippen molar-refractivity contribution >= 4 is 22.4 Å². The zero-order valence-corrected chi connectivity index (χ0v) is 13.5. The van der Waals surface area contributed by atoms with Crippen LogP contribution in [-0.2, 0) is 9.53 Å². The van der Waals surface area contributed by atoms with Crippen LogP contribution < -0.4 is 10.6 Å². The summed E-state index contributed by atoms with van der Waals surface area (Å²) in [6, 6.07) is 8.23. The van der Waals surface area contributed by atoms with Gasteiger partial charge in [-0.1, -0.05) is 29.8 Å². The molecule has 1 aliphatic heterocycles. The van der Waals surface area contributed by atoms with E-state index in [4.69, 9.17) is 4.74 Å². The van der Waals surface area contributed by atoms with E-state index in [0.717, 1.165) is 22.7 Å². The molecule has 22 heavy (non-hydrogen) atoms. The van der Waals surface area contributed by atoms with Gasteiger partial charge in [0.1, 0.15) is 6.10 Å². The topological polar surface area (TPSA) is 63.2 Å². The molecule has 1 saturated heterocycles. The summed E-state index contributed by atoms with van der Waals surface area (Å²) < 4.78 is 5.45. The number of nitrogens with zero attached hydrogens (tertiary/aromatic N) is 1. The largest absolute Gasteiger partial charge is 0.366 e. The van der Waals surface area contributed by atoms with E-state index in [9.17, 15) is 4.79 Å². The Hall–Kier alpha value is -1.76. The Labute approximate surface area is 133 Å². The summed E-state index contributed by atoms with van der Waals surface area (Å²) in [5.74, 6) is -0.142. The summed E-state index contributed by atoms with van der Waals surface area (Å²) in [7, 11) is 0. The molecule has 0 saturated carbocycles. The van der Waals surface area contributed by atoms with Crippen LogP contribution in [0.5, 0.6) is 0 Å². The normalized spacial score (nSPS) is 18.2. The number of morpholine rings is 1. The van der Waals surface area contributed by atoms with Crippen LogP contribution in [0.3, 0.4) is 0 Å². The summed E-state index contributed by atoms with van der Waals surface area (Å²) in [5.41, 5.74) is 3.20. The molecule has 1 atom stereocenters. The Morgan fingerprint density at radius 3 is 2.82 bits per heavy atom. The first-order chi connectivity index (χ1) is 10.6. The predicted molar refractivity (Wildman–Crippen MR) is 88.3 cm³/mol. The van der Waals surface area contributed by atoms with Crippen molar-refractivity contribution in [1.82, 2.24) is 10.3 Å². The fourth-order valence-electron chi connectivity index (χ4n) is 2.35. The number of hydrogen-bond donors (Lipinski definition) is 2. The number of aryl methyl sites for hydroxylation is 2. The number of rotatable bonds is 3. The highest BCUT2D eigenvalue weighted by atomic mass is 32.1. The van der Waals surface area contributed by atoms with Crippen LogP contribution in [0.2, 0.25) is 0 Å². The van der Waals surface area contributed by atoms with E-state index < -0.39 is 6.10 Å². The van der Waals surface area contributed by atoms with Gasteiger partial charge >= 0.3 is 0 Å². The maximum absolute atomic E-state index is 12.2. The first kappa shape index (κ1) is 15.1. The van der Waals surface area contributed by atoms with Crippen LogP contribution in [0.25, 0.3) is 11.3 Å². The first-order valence-corrected chi connectivity index (χ1v) is 8.13. The SMILES string of the molecule is Cc1ccc(-c2nc(NC(=O)C3CNCCO3)sc2C)cc1. The van der Waals surface area contributed by atoms with E-state index in [0.29, 0.717) is 18.3 Å². The molecule has 1 aromatic carbocycles. The number of hydrogen-bond acceptors (Lipinski definition) is 5. The number of aromatic nitrogens is 1. The van der Waals surface area contributed by atoms with E-state index in [-0.39, 0.29) is 5.91 Å². The zero-order valence-electron chi connectivity index (χ0n) is 12.7. The number of benzene rings is 1. The smallest absolute Gasteiger partial charge is 0.256 e. The first-order valence-electron chi connectivity index (χ1n) is 7.31. The van der Waals surface area contributed by atoms with Crippen molar-refractivity contribution in [2.24, 2.45) is 0 Å². The van der Waals surface area contributed by atoms with Gasteiger partial charge in [0.25, 0.3) is 5.91 Å². The highest BCUT2D eigenvalue weighted by Gasteiger charge is 2.23. The van der Waals surface area contributed by atoms with Crippen LogP contribution in [0.4, 0.5) is 5.13 Å². The number of thiazole rings is 1. The van der Waals surface area contributed by atoms with Gasteiger partial charge in [0.05, 0.1) is 12.3 Å². The number of carbonyl (C=O) groups is 1. The number of carbonyl (C=O) groups excluding carboxylic acids is 1. The number of anilines is 1. The van der Waals surface area contributed by atoms with Crippen molar-refractivity contribution in [3.63, 3.8) is 0 Å². The van der Waals surface area contributed by atoms with Gasteiger partial charge in [0, 0.05) is 23.5 Å². The van der Waals surface area contributed by atoms with Gasteiger partial charge in [0.2, 0.25) is 0 Å². The van der Waals surface area contributed by atoms with Gasteiger partial charge in [-0.05, 0) is 13.8 Å². The van der Waals surface area contributed by atoms with E-state index in [1.54, 1.807) is 0 Å². The zero-order chi connectivity index (χ0) is 15.5. The minimum absolute atomic E-state index is 0.142. The average Bonchev–Trinajstić information content (AvgIpc) is 2.89. The van der Waals surface area contributed by atoms with E-state index in [1.807, 2.05) is 6.92 Å². The second kappa shape index (κ2) is 6.56. The maximum atomic E-state index is 12.2. The molecule has 0 spiro atoms. The molecule has 1 unspecified atom stereocenters. The molecule has 116 valence electrons. The Balaban J connectivity index is 1.74. The minimum Gasteiger partial charge on any atom is -0.366 e. The molecule has 5 nitrogen and oxygen atoms in total. The van der Waals surface area contributed by atoms with Gasteiger partial charge in [-0.3, -0.25) is 10.1 Å². The summed E-state index contributed by atoms with van der Waals surface area (Å²) in [6.07, 6.45) is -0.444. The molecule has 0 radical (unpaired) electrons. The van der Waals surface area contributed by atoms with Crippen LogP contribution in [0.1, 0.15) is 10.4 Å². The molecule has 2 heterocycles. The van der Waals surface area contributed by atoms with Gasteiger partial charge in [-0.25, -0.2) is 4.98 Å². The molecule has 2 aromatic rings. The molecule has 2 N–H and O–H groups in total. The molecule has 1 aromatic heterocycles. The highest BCUT2D eigenvalue weighted by Crippen LogP contribution is 2.30. The molecule has 0 aliphatic carbocycles. The molecule has 6 heteroatoms. The van der Waals surface area contributed by atoms with Crippen LogP contribution in [0, 0.1) is 13.8 Å². The lowest BCUT2D eigenvalue weighted by Gasteiger charge is -2.22. The Kier molecular flexibility index (Phi) is 4.52. The molecule has 3 rings (SSSR count). The van der Waals surface area contributed by atoms with Gasteiger partial charge in [-0.15, -0.1) is 11.3 Å². The lowest BCUT2D eigenvalue weighted by atomic mass is 10.1. The number of ether oxygens (including phenoxy) is 1. The lowest BCUT2D eigenvalue weighted by molar-refractivity contribution is -0.128. The highest BCUT2D eigenvalue weighted by molar-refractivity contribution is 7.16. The van der Waals surface area contributed by atoms with E-state index in [1.165, 1.54) is 16.9 Å². The minimum atomic E-state index is -0.444. The number of amides is 1. The molecular weight excluding hydrogens is 298 g/mol. The van der Waals surface area contributed by atoms with Crippen molar-refractivity contribution in [3.8, 4) is 11.3 Å². The molecular formula is C16H19N3O2S. The fraction of sp³-hybridized carbons (Fsp3) is 0.375. The monoisotopic (exact) mass is 317 g/mol. The van der Waals surface area contributed by atoms with Crippen molar-refractivity contribution in [1.29, 1.82) is 0 Å². The molecule has 1 amide bonds. The van der Waals surface area contributed by atoms with Crippen LogP contribution >= 0.6 is 11.3 Å². The van der Waals surface area contributed by atoms with Crippen molar-refractivity contribution in [2.45, 2.75) is 20.0 Å². The Morgan fingerprint density at radius 1 is 1.36 bits per heavy atom. The molecule has 1 aliphatic rings.